The van der Waals surface area contributed by atoms with Crippen LogP contribution in [0.4, 0.5) is 0 Å². The number of hydrogen-bond acceptors (Lipinski definition) is 0. The zero-order valence-electron chi connectivity index (χ0n) is 15.2. The second-order valence-corrected chi connectivity index (χ2v) is 6.89. The number of rotatable bonds is 3. The molecule has 0 saturated heterocycles. The van der Waals surface area contributed by atoms with E-state index in [1.165, 1.54) is 49.7 Å². The van der Waals surface area contributed by atoms with Crippen LogP contribution in [0.25, 0.3) is 38.4 Å². The molecule has 0 aliphatic carbocycles. The number of hydrogen-bond donors (Lipinski definition) is 1. The van der Waals surface area contributed by atoms with Crippen LogP contribution in [-0.4, -0.2) is 9.55 Å². The van der Waals surface area contributed by atoms with E-state index in [0.717, 1.165) is 12.8 Å². The van der Waals surface area contributed by atoms with E-state index in [4.69, 9.17) is 0 Å². The molecule has 1 N–H and O–H groups in total. The fraction of sp³-hybridized carbons (Fsp3) is 0.167. The maximum absolute atomic E-state index is 3.60. The van der Waals surface area contributed by atoms with Crippen molar-refractivity contribution in [1.29, 1.82) is 0 Å². The molecule has 0 radical (unpaired) electrons. The van der Waals surface area contributed by atoms with E-state index < -0.39 is 0 Å². The first-order valence-electron chi connectivity index (χ1n) is 9.43. The quantitative estimate of drug-likeness (QED) is 0.393. The van der Waals surface area contributed by atoms with Crippen molar-refractivity contribution in [2.75, 3.05) is 0 Å². The minimum Gasteiger partial charge on any atom is -0.354 e. The molecule has 0 saturated carbocycles. The van der Waals surface area contributed by atoms with Crippen LogP contribution in [0.1, 0.15) is 25.1 Å². The molecule has 2 heteroatoms. The fourth-order valence-electron chi connectivity index (χ4n) is 4.39. The molecule has 128 valence electrons. The Hall–Kier alpha value is -3.00. The zero-order chi connectivity index (χ0) is 17.7. The lowest BCUT2D eigenvalue weighted by molar-refractivity contribution is 0.927. The standard InChI is InChI=1S/C24H22N2/c1-3-17-20-14-22-19(18-12-8-9-13-21(18)25-22)15-24(20)26(23(17)4-2)16-10-6-5-7-11-16/h5-15,25H,3-4H2,1-2H3. The summed E-state index contributed by atoms with van der Waals surface area (Å²) in [5.74, 6) is 0. The molecule has 26 heavy (non-hydrogen) atoms. The highest BCUT2D eigenvalue weighted by Gasteiger charge is 2.18. The molecule has 2 aromatic heterocycles. The summed E-state index contributed by atoms with van der Waals surface area (Å²) < 4.78 is 2.45. The summed E-state index contributed by atoms with van der Waals surface area (Å²) in [5, 5.41) is 3.96. The number of benzene rings is 3. The summed E-state index contributed by atoms with van der Waals surface area (Å²) in [6.45, 7) is 4.52. The Bertz CT molecular complexity index is 1240. The van der Waals surface area contributed by atoms with Gasteiger partial charge in [-0.25, -0.2) is 0 Å². The van der Waals surface area contributed by atoms with Gasteiger partial charge >= 0.3 is 0 Å². The lowest BCUT2D eigenvalue weighted by atomic mass is 10.1. The van der Waals surface area contributed by atoms with Crippen molar-refractivity contribution in [3.8, 4) is 5.69 Å². The molecule has 0 bridgehead atoms. The number of nitrogens with one attached hydrogen (secondary N) is 1. The van der Waals surface area contributed by atoms with E-state index in [-0.39, 0.29) is 0 Å². The van der Waals surface area contributed by atoms with Gasteiger partial charge in [-0.2, -0.15) is 0 Å². The van der Waals surface area contributed by atoms with Crippen LogP contribution in [0.5, 0.6) is 0 Å². The fourth-order valence-corrected chi connectivity index (χ4v) is 4.39. The average Bonchev–Trinajstić information content (AvgIpc) is 3.21. The molecule has 2 heterocycles. The second kappa shape index (κ2) is 5.77. The third-order valence-corrected chi connectivity index (χ3v) is 5.51. The first-order chi connectivity index (χ1) is 12.8. The van der Waals surface area contributed by atoms with Crippen LogP contribution in [0, 0.1) is 0 Å². The predicted octanol–water partition coefficient (Wildman–Crippen LogP) is 6.39. The maximum atomic E-state index is 3.60. The summed E-state index contributed by atoms with van der Waals surface area (Å²) in [6.07, 6.45) is 2.08. The Balaban J connectivity index is 1.96. The summed E-state index contributed by atoms with van der Waals surface area (Å²) in [5.41, 5.74) is 7.87. The summed E-state index contributed by atoms with van der Waals surface area (Å²) in [6, 6.07) is 24.0. The SMILES string of the molecule is CCc1c(CC)n(-c2ccccc2)c2cc3c(cc12)[nH]c1ccccc13. The number of aryl methyl sites for hydroxylation is 1. The van der Waals surface area contributed by atoms with Crippen LogP contribution in [0.15, 0.2) is 66.7 Å². The Morgan fingerprint density at radius 3 is 2.27 bits per heavy atom. The van der Waals surface area contributed by atoms with E-state index in [1.54, 1.807) is 0 Å². The van der Waals surface area contributed by atoms with Gasteiger partial charge in [-0.3, -0.25) is 0 Å². The summed E-state index contributed by atoms with van der Waals surface area (Å²) >= 11 is 0. The molecule has 0 amide bonds. The molecule has 5 aromatic rings. The van der Waals surface area contributed by atoms with Crippen LogP contribution >= 0.6 is 0 Å². The van der Waals surface area contributed by atoms with Crippen molar-refractivity contribution in [3.63, 3.8) is 0 Å². The van der Waals surface area contributed by atoms with Gasteiger partial charge in [-0.15, -0.1) is 0 Å². The maximum Gasteiger partial charge on any atom is 0.0542 e. The highest BCUT2D eigenvalue weighted by molar-refractivity contribution is 6.12. The minimum atomic E-state index is 1.03. The number of para-hydroxylation sites is 2. The molecule has 3 aromatic carbocycles. The van der Waals surface area contributed by atoms with Crippen LogP contribution in [0.2, 0.25) is 0 Å². The molecule has 2 nitrogen and oxygen atoms in total. The Morgan fingerprint density at radius 1 is 0.731 bits per heavy atom. The number of aromatic nitrogens is 2. The highest BCUT2D eigenvalue weighted by Crippen LogP contribution is 2.36. The van der Waals surface area contributed by atoms with Gasteiger partial charge in [-0.05, 0) is 48.7 Å². The number of fused-ring (bicyclic) bond motifs is 4. The van der Waals surface area contributed by atoms with Crippen molar-refractivity contribution in [3.05, 3.63) is 78.0 Å². The third kappa shape index (κ3) is 2.05. The molecule has 0 unspecified atom stereocenters. The van der Waals surface area contributed by atoms with Gasteiger partial charge < -0.3 is 9.55 Å². The molecule has 0 aliphatic rings. The van der Waals surface area contributed by atoms with Gasteiger partial charge in [0.05, 0.1) is 5.52 Å². The average molecular weight is 338 g/mol. The normalized spacial score (nSPS) is 11.8. The molecular formula is C24H22N2. The first-order valence-corrected chi connectivity index (χ1v) is 9.43. The van der Waals surface area contributed by atoms with Crippen LogP contribution < -0.4 is 0 Å². The van der Waals surface area contributed by atoms with Crippen molar-refractivity contribution in [1.82, 2.24) is 9.55 Å². The Kier molecular flexibility index (Phi) is 3.39. The van der Waals surface area contributed by atoms with Gasteiger partial charge in [-0.1, -0.05) is 50.2 Å². The van der Waals surface area contributed by atoms with Crippen LogP contribution in [0.3, 0.4) is 0 Å². The van der Waals surface area contributed by atoms with E-state index in [1.807, 2.05) is 0 Å². The number of nitrogens with zero attached hydrogens (tertiary/aromatic N) is 1. The first kappa shape index (κ1) is 15.3. The van der Waals surface area contributed by atoms with E-state index in [9.17, 15) is 0 Å². The zero-order valence-corrected chi connectivity index (χ0v) is 15.2. The smallest absolute Gasteiger partial charge is 0.0542 e. The number of H-pyrrole nitrogens is 1. The Morgan fingerprint density at radius 2 is 1.50 bits per heavy atom. The van der Waals surface area contributed by atoms with E-state index in [0.29, 0.717) is 0 Å². The van der Waals surface area contributed by atoms with E-state index in [2.05, 4.69) is 90.1 Å². The molecular weight excluding hydrogens is 316 g/mol. The van der Waals surface area contributed by atoms with Crippen molar-refractivity contribution >= 4 is 32.7 Å². The van der Waals surface area contributed by atoms with Gasteiger partial charge in [0.15, 0.2) is 0 Å². The van der Waals surface area contributed by atoms with Gasteiger partial charge in [0.1, 0.15) is 0 Å². The third-order valence-electron chi connectivity index (χ3n) is 5.51. The monoisotopic (exact) mass is 338 g/mol. The number of aromatic amines is 1. The second-order valence-electron chi connectivity index (χ2n) is 6.89. The molecule has 0 atom stereocenters. The minimum absolute atomic E-state index is 1.03. The topological polar surface area (TPSA) is 20.7 Å². The molecule has 0 fully saturated rings. The van der Waals surface area contributed by atoms with Crippen molar-refractivity contribution in [2.24, 2.45) is 0 Å². The Labute approximate surface area is 153 Å². The summed E-state index contributed by atoms with van der Waals surface area (Å²) in [7, 11) is 0. The largest absolute Gasteiger partial charge is 0.354 e. The molecule has 0 aliphatic heterocycles. The van der Waals surface area contributed by atoms with Crippen molar-refractivity contribution < 1.29 is 0 Å². The predicted molar refractivity (Wildman–Crippen MR) is 111 cm³/mol. The molecule has 5 rings (SSSR count). The summed E-state index contributed by atoms with van der Waals surface area (Å²) in [4.78, 5) is 3.60. The molecule has 0 spiro atoms. The lowest BCUT2D eigenvalue weighted by Crippen LogP contribution is -2.00. The van der Waals surface area contributed by atoms with E-state index >= 15 is 0 Å². The lowest BCUT2D eigenvalue weighted by Gasteiger charge is -2.10. The van der Waals surface area contributed by atoms with Crippen molar-refractivity contribution in [2.45, 2.75) is 26.7 Å². The highest BCUT2D eigenvalue weighted by atomic mass is 15.0. The van der Waals surface area contributed by atoms with Gasteiger partial charge in [0, 0.05) is 38.6 Å². The van der Waals surface area contributed by atoms with Gasteiger partial charge in [0.2, 0.25) is 0 Å². The van der Waals surface area contributed by atoms with Gasteiger partial charge in [0.25, 0.3) is 0 Å². The van der Waals surface area contributed by atoms with Crippen LogP contribution in [-0.2, 0) is 12.8 Å².